The van der Waals surface area contributed by atoms with Gasteiger partial charge in [-0.25, -0.2) is 12.8 Å². The van der Waals surface area contributed by atoms with Crippen molar-refractivity contribution in [1.82, 2.24) is 0 Å². The topological polar surface area (TPSA) is 46.2 Å². The Balaban J connectivity index is 2.25. The van der Waals surface area contributed by atoms with Crippen LogP contribution in [0, 0.1) is 17.7 Å². The molecule has 0 amide bonds. The monoisotopic (exact) mass is 313 g/mol. The lowest BCUT2D eigenvalue weighted by molar-refractivity contribution is 0.253. The molecule has 1 saturated carbocycles. The van der Waals surface area contributed by atoms with E-state index in [0.717, 1.165) is 25.5 Å². The standard InChI is InChI=1S/C16H24FNO2S/c1-11(2)13-6-4-5-7-15(13)18-16-10-12(21(3,19)20)8-9-14(16)17/h8-11,13,15,18H,4-7H2,1-3H3. The molecular formula is C16H24FNO2S. The summed E-state index contributed by atoms with van der Waals surface area (Å²) in [5.41, 5.74) is 0.301. The van der Waals surface area contributed by atoms with Crippen molar-refractivity contribution in [3.05, 3.63) is 24.0 Å². The maximum atomic E-state index is 14.0. The molecule has 1 aliphatic carbocycles. The van der Waals surface area contributed by atoms with Gasteiger partial charge in [-0.05, 0) is 42.9 Å². The van der Waals surface area contributed by atoms with Crippen molar-refractivity contribution >= 4 is 15.5 Å². The maximum Gasteiger partial charge on any atom is 0.175 e. The Morgan fingerprint density at radius 3 is 2.52 bits per heavy atom. The van der Waals surface area contributed by atoms with Gasteiger partial charge in [0.1, 0.15) is 5.82 Å². The molecule has 0 aliphatic heterocycles. The van der Waals surface area contributed by atoms with Gasteiger partial charge in [0.2, 0.25) is 0 Å². The highest BCUT2D eigenvalue weighted by Gasteiger charge is 2.28. The molecular weight excluding hydrogens is 289 g/mol. The van der Waals surface area contributed by atoms with Crippen LogP contribution in [-0.2, 0) is 9.84 Å². The van der Waals surface area contributed by atoms with Crippen molar-refractivity contribution in [1.29, 1.82) is 0 Å². The zero-order valence-corrected chi connectivity index (χ0v) is 13.7. The molecule has 0 spiro atoms. The van der Waals surface area contributed by atoms with Crippen molar-refractivity contribution in [3.8, 4) is 0 Å². The van der Waals surface area contributed by atoms with E-state index in [0.29, 0.717) is 17.5 Å². The molecule has 0 heterocycles. The fourth-order valence-corrected chi connectivity index (χ4v) is 3.83. The first-order valence-electron chi connectivity index (χ1n) is 7.55. The lowest BCUT2D eigenvalue weighted by atomic mass is 9.78. The van der Waals surface area contributed by atoms with E-state index >= 15 is 0 Å². The summed E-state index contributed by atoms with van der Waals surface area (Å²) in [5, 5.41) is 3.25. The number of rotatable bonds is 4. The minimum atomic E-state index is -3.32. The molecule has 0 saturated heterocycles. The smallest absolute Gasteiger partial charge is 0.175 e. The Kier molecular flexibility index (Phi) is 4.91. The summed E-state index contributed by atoms with van der Waals surface area (Å²) < 4.78 is 37.2. The Morgan fingerprint density at radius 1 is 1.24 bits per heavy atom. The summed E-state index contributed by atoms with van der Waals surface area (Å²) in [6.45, 7) is 4.38. The van der Waals surface area contributed by atoms with Crippen LogP contribution in [-0.4, -0.2) is 20.7 Å². The Morgan fingerprint density at radius 2 is 1.90 bits per heavy atom. The van der Waals surface area contributed by atoms with Gasteiger partial charge in [0.05, 0.1) is 10.6 Å². The quantitative estimate of drug-likeness (QED) is 0.859. The molecule has 2 unspecified atom stereocenters. The Hall–Kier alpha value is -1.10. The summed E-state index contributed by atoms with van der Waals surface area (Å²) in [5.74, 6) is 0.638. The minimum Gasteiger partial charge on any atom is -0.380 e. The predicted molar refractivity (Wildman–Crippen MR) is 83.7 cm³/mol. The van der Waals surface area contributed by atoms with Crippen LogP contribution in [0.5, 0.6) is 0 Å². The fourth-order valence-electron chi connectivity index (χ4n) is 3.18. The van der Waals surface area contributed by atoms with Gasteiger partial charge in [-0.15, -0.1) is 0 Å². The highest BCUT2D eigenvalue weighted by atomic mass is 32.2. The van der Waals surface area contributed by atoms with Gasteiger partial charge in [-0.3, -0.25) is 0 Å². The molecule has 1 aromatic carbocycles. The van der Waals surface area contributed by atoms with Crippen LogP contribution in [0.2, 0.25) is 0 Å². The molecule has 1 fully saturated rings. The minimum absolute atomic E-state index is 0.156. The zero-order chi connectivity index (χ0) is 15.6. The van der Waals surface area contributed by atoms with Crippen LogP contribution in [0.15, 0.2) is 23.1 Å². The van der Waals surface area contributed by atoms with Crippen LogP contribution in [0.1, 0.15) is 39.5 Å². The third-order valence-electron chi connectivity index (χ3n) is 4.38. The first kappa shape index (κ1) is 16.3. The molecule has 1 aromatic rings. The lowest BCUT2D eigenvalue weighted by Gasteiger charge is -2.35. The summed E-state index contributed by atoms with van der Waals surface area (Å²) in [7, 11) is -3.32. The van der Waals surface area contributed by atoms with Crippen molar-refractivity contribution in [2.24, 2.45) is 11.8 Å². The second kappa shape index (κ2) is 6.34. The van der Waals surface area contributed by atoms with Crippen LogP contribution in [0.25, 0.3) is 0 Å². The molecule has 0 radical (unpaired) electrons. The molecule has 3 nitrogen and oxygen atoms in total. The van der Waals surface area contributed by atoms with E-state index in [2.05, 4.69) is 19.2 Å². The molecule has 5 heteroatoms. The fraction of sp³-hybridized carbons (Fsp3) is 0.625. The zero-order valence-electron chi connectivity index (χ0n) is 12.9. The normalized spacial score (nSPS) is 23.3. The van der Waals surface area contributed by atoms with Gasteiger partial charge >= 0.3 is 0 Å². The largest absolute Gasteiger partial charge is 0.380 e. The number of hydrogen-bond acceptors (Lipinski definition) is 3. The Labute approximate surface area is 126 Å². The maximum absolute atomic E-state index is 14.0. The summed E-state index contributed by atoms with van der Waals surface area (Å²) >= 11 is 0. The molecule has 21 heavy (non-hydrogen) atoms. The number of benzene rings is 1. The number of nitrogens with one attached hydrogen (secondary N) is 1. The van der Waals surface area contributed by atoms with Gasteiger partial charge in [0, 0.05) is 12.3 Å². The molecule has 0 bridgehead atoms. The Bertz CT molecular complexity index is 598. The van der Waals surface area contributed by atoms with Crippen LogP contribution in [0.4, 0.5) is 10.1 Å². The van der Waals surface area contributed by atoms with E-state index in [1.54, 1.807) is 0 Å². The van der Waals surface area contributed by atoms with Crippen molar-refractivity contribution in [2.75, 3.05) is 11.6 Å². The van der Waals surface area contributed by atoms with Crippen molar-refractivity contribution in [3.63, 3.8) is 0 Å². The van der Waals surface area contributed by atoms with Crippen LogP contribution in [0.3, 0.4) is 0 Å². The van der Waals surface area contributed by atoms with Crippen molar-refractivity contribution < 1.29 is 12.8 Å². The molecule has 118 valence electrons. The number of hydrogen-bond donors (Lipinski definition) is 1. The van der Waals surface area contributed by atoms with E-state index in [-0.39, 0.29) is 10.9 Å². The van der Waals surface area contributed by atoms with E-state index in [1.165, 1.54) is 24.6 Å². The van der Waals surface area contributed by atoms with Gasteiger partial charge in [-0.2, -0.15) is 0 Å². The molecule has 2 atom stereocenters. The third kappa shape index (κ3) is 3.96. The highest BCUT2D eigenvalue weighted by Crippen LogP contribution is 2.33. The van der Waals surface area contributed by atoms with Crippen molar-refractivity contribution in [2.45, 2.75) is 50.5 Å². The average Bonchev–Trinajstić information content (AvgIpc) is 2.40. The molecule has 1 N–H and O–H groups in total. The average molecular weight is 313 g/mol. The number of halogens is 1. The summed E-state index contributed by atoms with van der Waals surface area (Å²) in [6, 6.07) is 4.17. The van der Waals surface area contributed by atoms with E-state index < -0.39 is 15.7 Å². The number of sulfone groups is 1. The molecule has 1 aliphatic rings. The number of anilines is 1. The van der Waals surface area contributed by atoms with Crippen LogP contribution >= 0.6 is 0 Å². The van der Waals surface area contributed by atoms with Gasteiger partial charge < -0.3 is 5.32 Å². The van der Waals surface area contributed by atoms with Gasteiger partial charge in [-0.1, -0.05) is 26.7 Å². The van der Waals surface area contributed by atoms with Gasteiger partial charge in [0.25, 0.3) is 0 Å². The second-order valence-electron chi connectivity index (χ2n) is 6.36. The lowest BCUT2D eigenvalue weighted by Crippen LogP contribution is -2.35. The third-order valence-corrected chi connectivity index (χ3v) is 5.49. The SMILES string of the molecule is CC(C)C1CCCCC1Nc1cc(S(C)(=O)=O)ccc1F. The van der Waals surface area contributed by atoms with E-state index in [4.69, 9.17) is 0 Å². The first-order valence-corrected chi connectivity index (χ1v) is 9.44. The van der Waals surface area contributed by atoms with Gasteiger partial charge in [0.15, 0.2) is 9.84 Å². The predicted octanol–water partition coefficient (Wildman–Crippen LogP) is 3.86. The highest BCUT2D eigenvalue weighted by molar-refractivity contribution is 7.90. The van der Waals surface area contributed by atoms with E-state index in [9.17, 15) is 12.8 Å². The first-order chi connectivity index (χ1) is 9.79. The molecule has 0 aromatic heterocycles. The van der Waals surface area contributed by atoms with E-state index in [1.807, 2.05) is 0 Å². The molecule has 2 rings (SSSR count). The second-order valence-corrected chi connectivity index (χ2v) is 8.37. The summed E-state index contributed by atoms with van der Waals surface area (Å²) in [4.78, 5) is 0.156. The van der Waals surface area contributed by atoms with Crippen LogP contribution < -0.4 is 5.32 Å². The summed E-state index contributed by atoms with van der Waals surface area (Å²) in [6.07, 6.45) is 5.64.